The second-order valence-corrected chi connectivity index (χ2v) is 8.25. The Balaban J connectivity index is 1.61. The molecule has 0 unspecified atom stereocenters. The lowest BCUT2D eigenvalue weighted by molar-refractivity contribution is -0.0507. The highest BCUT2D eigenvalue weighted by atomic mass is 19.3. The van der Waals surface area contributed by atoms with E-state index in [-0.39, 0.29) is 0 Å². The van der Waals surface area contributed by atoms with Gasteiger partial charge in [0.2, 0.25) is 0 Å². The summed E-state index contributed by atoms with van der Waals surface area (Å²) in [5.74, 6) is 4.47. The standard InChI is InChI=1S/C22H31F2O/c1-14-4-6-17(7-5-14)18-8-10-19(11-9-18)20-12-15(2)21(16(3)13-20)25-22(23)24/h12-14,18-19,22H,4-11H2,1-3H3. The molecule has 139 valence electrons. The van der Waals surface area contributed by atoms with Gasteiger partial charge in [0.25, 0.3) is 0 Å². The predicted molar refractivity (Wildman–Crippen MR) is 98.1 cm³/mol. The maximum absolute atomic E-state index is 12.6. The lowest BCUT2D eigenvalue weighted by Gasteiger charge is -2.37. The van der Waals surface area contributed by atoms with E-state index < -0.39 is 6.61 Å². The molecule has 1 nitrogen and oxygen atoms in total. The Labute approximate surface area is 151 Å². The molecule has 0 aromatic heterocycles. The minimum atomic E-state index is -2.76. The van der Waals surface area contributed by atoms with Crippen molar-refractivity contribution in [3.8, 4) is 5.75 Å². The third kappa shape index (κ3) is 4.54. The zero-order chi connectivity index (χ0) is 18.0. The van der Waals surface area contributed by atoms with Crippen LogP contribution >= 0.6 is 0 Å². The largest absolute Gasteiger partial charge is 0.434 e. The number of hydrogen-bond acceptors (Lipinski definition) is 1. The number of ether oxygens (including phenoxy) is 1. The van der Waals surface area contributed by atoms with Crippen molar-refractivity contribution in [3.63, 3.8) is 0 Å². The zero-order valence-corrected chi connectivity index (χ0v) is 15.8. The Bertz CT molecular complexity index is 544. The van der Waals surface area contributed by atoms with E-state index in [2.05, 4.69) is 23.8 Å². The van der Waals surface area contributed by atoms with Crippen molar-refractivity contribution >= 4 is 0 Å². The van der Waals surface area contributed by atoms with Gasteiger partial charge in [-0.1, -0.05) is 31.9 Å². The Morgan fingerprint density at radius 3 is 1.92 bits per heavy atom. The molecule has 0 amide bonds. The molecular weight excluding hydrogens is 318 g/mol. The number of rotatable bonds is 4. The van der Waals surface area contributed by atoms with Crippen LogP contribution in [-0.4, -0.2) is 6.61 Å². The van der Waals surface area contributed by atoms with Gasteiger partial charge in [-0.15, -0.1) is 0 Å². The van der Waals surface area contributed by atoms with Crippen molar-refractivity contribution in [1.29, 1.82) is 0 Å². The lowest BCUT2D eigenvalue weighted by Crippen LogP contribution is -2.23. The summed E-state index contributed by atoms with van der Waals surface area (Å²) in [7, 11) is 0. The molecule has 0 aliphatic heterocycles. The van der Waals surface area contributed by atoms with Gasteiger partial charge < -0.3 is 4.74 Å². The molecule has 0 spiro atoms. The Hall–Kier alpha value is -1.12. The monoisotopic (exact) mass is 349 g/mol. The van der Waals surface area contributed by atoms with E-state index in [1.165, 1.54) is 56.9 Å². The summed E-state index contributed by atoms with van der Waals surface area (Å²) in [5, 5.41) is 0. The van der Waals surface area contributed by atoms with Crippen molar-refractivity contribution < 1.29 is 13.5 Å². The first-order valence-corrected chi connectivity index (χ1v) is 9.84. The summed E-state index contributed by atoms with van der Waals surface area (Å²) < 4.78 is 29.8. The van der Waals surface area contributed by atoms with E-state index in [1.54, 1.807) is 0 Å². The van der Waals surface area contributed by atoms with Crippen molar-refractivity contribution in [2.45, 2.75) is 84.7 Å². The third-order valence-electron chi connectivity index (χ3n) is 6.38. The molecule has 3 heteroatoms. The molecule has 3 rings (SSSR count). The van der Waals surface area contributed by atoms with E-state index in [9.17, 15) is 8.78 Å². The van der Waals surface area contributed by atoms with Crippen LogP contribution in [0.1, 0.15) is 80.9 Å². The number of aryl methyl sites for hydroxylation is 2. The van der Waals surface area contributed by atoms with Gasteiger partial charge in [-0.2, -0.15) is 8.78 Å². The summed E-state index contributed by atoms with van der Waals surface area (Å²) in [4.78, 5) is 0. The Morgan fingerprint density at radius 1 is 0.880 bits per heavy atom. The van der Waals surface area contributed by atoms with Crippen molar-refractivity contribution in [2.24, 2.45) is 11.8 Å². The highest BCUT2D eigenvalue weighted by Gasteiger charge is 2.31. The molecule has 0 saturated heterocycles. The van der Waals surface area contributed by atoms with E-state index >= 15 is 0 Å². The average molecular weight is 349 g/mol. The minimum Gasteiger partial charge on any atom is -0.434 e. The van der Waals surface area contributed by atoms with Crippen LogP contribution in [0.15, 0.2) is 12.1 Å². The van der Waals surface area contributed by atoms with Crippen LogP contribution < -0.4 is 4.74 Å². The summed E-state index contributed by atoms with van der Waals surface area (Å²) >= 11 is 0. The zero-order valence-electron chi connectivity index (χ0n) is 15.8. The average Bonchev–Trinajstić information content (AvgIpc) is 2.59. The highest BCUT2D eigenvalue weighted by molar-refractivity contribution is 5.44. The van der Waals surface area contributed by atoms with E-state index in [0.717, 1.165) is 23.0 Å². The summed E-state index contributed by atoms with van der Waals surface area (Å²) in [5.41, 5.74) is 2.96. The highest BCUT2D eigenvalue weighted by Crippen LogP contribution is 2.45. The summed E-state index contributed by atoms with van der Waals surface area (Å²) in [6, 6.07) is 4.12. The molecule has 2 saturated carbocycles. The Morgan fingerprint density at radius 2 is 1.40 bits per heavy atom. The first kappa shape index (κ1) is 18.7. The van der Waals surface area contributed by atoms with Crippen molar-refractivity contribution in [1.82, 2.24) is 0 Å². The molecule has 1 aromatic rings. The molecule has 1 radical (unpaired) electrons. The number of halogens is 2. The molecular formula is C22H31F2O. The van der Waals surface area contributed by atoms with Crippen molar-refractivity contribution in [3.05, 3.63) is 34.7 Å². The lowest BCUT2D eigenvalue weighted by atomic mass is 9.68. The molecule has 2 aliphatic rings. The van der Waals surface area contributed by atoms with Gasteiger partial charge in [0, 0.05) is 0 Å². The van der Waals surface area contributed by atoms with E-state index in [0.29, 0.717) is 11.7 Å². The van der Waals surface area contributed by atoms with Gasteiger partial charge in [0.05, 0.1) is 0 Å². The van der Waals surface area contributed by atoms with Crippen LogP contribution in [0.4, 0.5) is 8.78 Å². The molecule has 0 bridgehead atoms. The smallest absolute Gasteiger partial charge is 0.387 e. The fraction of sp³-hybridized carbons (Fsp3) is 0.682. The first-order chi connectivity index (χ1) is 11.9. The molecule has 2 aliphatic carbocycles. The fourth-order valence-corrected chi connectivity index (χ4v) is 4.87. The maximum Gasteiger partial charge on any atom is 0.387 e. The first-order valence-electron chi connectivity index (χ1n) is 9.84. The molecule has 0 atom stereocenters. The number of benzene rings is 1. The van der Waals surface area contributed by atoms with Gasteiger partial charge >= 0.3 is 6.61 Å². The quantitative estimate of drug-likeness (QED) is 0.570. The molecule has 2 fully saturated rings. The van der Waals surface area contributed by atoms with Gasteiger partial charge in [0.1, 0.15) is 5.75 Å². The van der Waals surface area contributed by atoms with Gasteiger partial charge in [0.15, 0.2) is 0 Å². The number of hydrogen-bond donors (Lipinski definition) is 0. The normalized spacial score (nSPS) is 26.2. The van der Waals surface area contributed by atoms with E-state index in [1.807, 2.05) is 19.8 Å². The van der Waals surface area contributed by atoms with Crippen LogP contribution in [-0.2, 0) is 0 Å². The number of alkyl halides is 2. The molecule has 1 aromatic carbocycles. The van der Waals surface area contributed by atoms with Gasteiger partial charge in [-0.25, -0.2) is 0 Å². The van der Waals surface area contributed by atoms with Crippen LogP contribution in [0.3, 0.4) is 0 Å². The van der Waals surface area contributed by atoms with Crippen LogP contribution in [0, 0.1) is 31.6 Å². The molecule has 0 N–H and O–H groups in total. The van der Waals surface area contributed by atoms with Crippen LogP contribution in [0.5, 0.6) is 5.75 Å². The third-order valence-corrected chi connectivity index (χ3v) is 6.38. The topological polar surface area (TPSA) is 9.23 Å². The van der Waals surface area contributed by atoms with Gasteiger partial charge in [-0.3, -0.25) is 0 Å². The fourth-order valence-electron chi connectivity index (χ4n) is 4.87. The van der Waals surface area contributed by atoms with Crippen LogP contribution in [0.2, 0.25) is 0 Å². The van der Waals surface area contributed by atoms with E-state index in [4.69, 9.17) is 0 Å². The Kier molecular flexibility index (Phi) is 6.01. The molecule has 25 heavy (non-hydrogen) atoms. The summed E-state index contributed by atoms with van der Waals surface area (Å²) in [6.07, 6.45) is 10.5. The van der Waals surface area contributed by atoms with Crippen LogP contribution in [0.25, 0.3) is 0 Å². The maximum atomic E-state index is 12.6. The van der Waals surface area contributed by atoms with Crippen molar-refractivity contribution in [2.75, 3.05) is 0 Å². The SMILES string of the molecule is Cc1cc(C2CCC([C]3CCC(C)CC3)CC2)cc(C)c1OC(F)F. The second kappa shape index (κ2) is 8.05. The predicted octanol–water partition coefficient (Wildman–Crippen LogP) is 6.96. The second-order valence-electron chi connectivity index (χ2n) is 8.25. The minimum absolute atomic E-state index is 0.347. The van der Waals surface area contributed by atoms with Gasteiger partial charge in [-0.05, 0) is 92.7 Å². The summed E-state index contributed by atoms with van der Waals surface area (Å²) in [6.45, 7) is 3.37. The molecule has 0 heterocycles.